The number of hydrogen-bond acceptors (Lipinski definition) is 7. The topological polar surface area (TPSA) is 103 Å². The van der Waals surface area contributed by atoms with E-state index in [1.165, 1.54) is 6.33 Å². The van der Waals surface area contributed by atoms with Crippen molar-refractivity contribution in [3.05, 3.63) is 81.3 Å². The molecule has 0 saturated carbocycles. The van der Waals surface area contributed by atoms with Crippen LogP contribution in [0.15, 0.2) is 54.9 Å². The highest BCUT2D eigenvalue weighted by atomic mass is 35.5. The maximum atomic E-state index is 11.8. The van der Waals surface area contributed by atoms with Crippen LogP contribution in [0.25, 0.3) is 10.9 Å². The lowest BCUT2D eigenvalue weighted by molar-refractivity contribution is -0.385. The predicted octanol–water partition coefficient (Wildman–Crippen LogP) is 5.74. The molecule has 4 aromatic rings. The molecule has 0 aliphatic heterocycles. The van der Waals surface area contributed by atoms with E-state index < -0.39 is 4.92 Å². The molecule has 2 aromatic heterocycles. The van der Waals surface area contributed by atoms with Crippen LogP contribution in [0.1, 0.15) is 11.3 Å². The fourth-order valence-electron chi connectivity index (χ4n) is 2.96. The molecule has 0 aliphatic rings. The van der Waals surface area contributed by atoms with Crippen molar-refractivity contribution >= 4 is 39.7 Å². The number of hydrogen-bond donors (Lipinski definition) is 1. The number of aryl methyl sites for hydroxylation is 2. The van der Waals surface area contributed by atoms with Gasteiger partial charge < -0.3 is 10.1 Å². The van der Waals surface area contributed by atoms with E-state index >= 15 is 0 Å². The molecule has 0 amide bonds. The van der Waals surface area contributed by atoms with Crippen LogP contribution in [0.4, 0.5) is 17.2 Å². The minimum Gasteiger partial charge on any atom is -0.434 e. The van der Waals surface area contributed by atoms with Crippen LogP contribution in [-0.2, 0) is 0 Å². The van der Waals surface area contributed by atoms with Crippen LogP contribution in [-0.4, -0.2) is 19.9 Å². The van der Waals surface area contributed by atoms with E-state index in [0.29, 0.717) is 22.0 Å². The number of nitrogens with one attached hydrogen (secondary N) is 1. The second-order valence-corrected chi connectivity index (χ2v) is 7.01. The predicted molar refractivity (Wildman–Crippen MR) is 115 cm³/mol. The first-order chi connectivity index (χ1) is 14.4. The van der Waals surface area contributed by atoms with Crippen LogP contribution in [0.2, 0.25) is 5.02 Å². The number of ether oxygens (including phenoxy) is 1. The van der Waals surface area contributed by atoms with Crippen molar-refractivity contribution in [1.82, 2.24) is 15.0 Å². The van der Waals surface area contributed by atoms with Gasteiger partial charge >= 0.3 is 11.6 Å². The Bertz CT molecular complexity index is 1280. The number of pyridine rings is 1. The van der Waals surface area contributed by atoms with Gasteiger partial charge in [-0.15, -0.1) is 0 Å². The maximum absolute atomic E-state index is 11.8. The lowest BCUT2D eigenvalue weighted by Gasteiger charge is -2.11. The van der Waals surface area contributed by atoms with Crippen LogP contribution in [0, 0.1) is 24.0 Å². The van der Waals surface area contributed by atoms with Gasteiger partial charge in [0.2, 0.25) is 5.82 Å². The van der Waals surface area contributed by atoms with Crippen molar-refractivity contribution in [3.8, 4) is 11.6 Å². The van der Waals surface area contributed by atoms with Gasteiger partial charge in [-0.1, -0.05) is 29.8 Å². The second kappa shape index (κ2) is 7.92. The number of aromatic nitrogens is 3. The number of nitro groups is 1. The number of benzene rings is 2. The van der Waals surface area contributed by atoms with E-state index in [1.54, 1.807) is 24.3 Å². The number of fused-ring (bicyclic) bond motifs is 1. The number of rotatable bonds is 5. The fourth-order valence-corrected chi connectivity index (χ4v) is 3.08. The Morgan fingerprint density at radius 2 is 1.93 bits per heavy atom. The lowest BCUT2D eigenvalue weighted by Crippen LogP contribution is -2.04. The number of anilines is 2. The van der Waals surface area contributed by atoms with Gasteiger partial charge in [-0.3, -0.25) is 15.1 Å². The van der Waals surface area contributed by atoms with Crippen molar-refractivity contribution in [2.45, 2.75) is 13.8 Å². The fraction of sp³-hybridized carbons (Fsp3) is 0.0952. The van der Waals surface area contributed by atoms with E-state index in [9.17, 15) is 10.1 Å². The van der Waals surface area contributed by atoms with Crippen LogP contribution in [0.3, 0.4) is 0 Å². The molecule has 0 bridgehead atoms. The summed E-state index contributed by atoms with van der Waals surface area (Å²) in [7, 11) is 0. The van der Waals surface area contributed by atoms with Gasteiger partial charge in [0, 0.05) is 16.1 Å². The van der Waals surface area contributed by atoms with Gasteiger partial charge in [-0.25, -0.2) is 4.98 Å². The molecule has 0 atom stereocenters. The normalized spacial score (nSPS) is 10.8. The zero-order chi connectivity index (χ0) is 21.3. The number of para-hydroxylation sites is 1. The third-order valence-corrected chi connectivity index (χ3v) is 4.85. The minimum atomic E-state index is -0.579. The van der Waals surface area contributed by atoms with Gasteiger partial charge in [0.15, 0.2) is 0 Å². The summed E-state index contributed by atoms with van der Waals surface area (Å²) >= 11 is 6.03. The van der Waals surface area contributed by atoms with Crippen LogP contribution < -0.4 is 10.1 Å². The summed E-state index contributed by atoms with van der Waals surface area (Å²) in [6.07, 6.45) is 1.21. The van der Waals surface area contributed by atoms with Crippen molar-refractivity contribution in [2.75, 3.05) is 5.32 Å². The molecule has 30 heavy (non-hydrogen) atoms. The van der Waals surface area contributed by atoms with Crippen LogP contribution in [0.5, 0.6) is 11.6 Å². The first-order valence-electron chi connectivity index (χ1n) is 8.99. The zero-order valence-corrected chi connectivity index (χ0v) is 16.8. The van der Waals surface area contributed by atoms with Gasteiger partial charge in [-0.2, -0.15) is 4.98 Å². The molecule has 0 unspecified atom stereocenters. The van der Waals surface area contributed by atoms with Gasteiger partial charge in [0.05, 0.1) is 16.1 Å². The highest BCUT2D eigenvalue weighted by Gasteiger charge is 2.26. The van der Waals surface area contributed by atoms with Gasteiger partial charge in [-0.05, 0) is 49.7 Å². The molecule has 2 aromatic carbocycles. The highest BCUT2D eigenvalue weighted by Crippen LogP contribution is 2.37. The summed E-state index contributed by atoms with van der Waals surface area (Å²) in [6, 6.07) is 14.3. The molecule has 0 fully saturated rings. The maximum Gasteiger partial charge on any atom is 0.373 e. The van der Waals surface area contributed by atoms with Crippen molar-refractivity contribution in [3.63, 3.8) is 0 Å². The average Bonchev–Trinajstić information content (AvgIpc) is 2.71. The van der Waals surface area contributed by atoms with Gasteiger partial charge in [0.1, 0.15) is 12.1 Å². The highest BCUT2D eigenvalue weighted by molar-refractivity contribution is 6.31. The summed E-state index contributed by atoms with van der Waals surface area (Å²) in [5.41, 5.74) is 2.50. The van der Waals surface area contributed by atoms with Crippen molar-refractivity contribution in [2.24, 2.45) is 0 Å². The quantitative estimate of drug-likeness (QED) is 0.323. The molecule has 0 saturated heterocycles. The monoisotopic (exact) mass is 421 g/mol. The molecule has 2 heterocycles. The van der Waals surface area contributed by atoms with Crippen molar-refractivity contribution in [1.29, 1.82) is 0 Å². The van der Waals surface area contributed by atoms with E-state index in [-0.39, 0.29) is 17.4 Å². The molecule has 8 nitrogen and oxygen atoms in total. The zero-order valence-electron chi connectivity index (χ0n) is 16.1. The number of halogens is 1. The van der Waals surface area contributed by atoms with E-state index in [4.69, 9.17) is 16.3 Å². The molecule has 1 N–H and O–H groups in total. The molecular weight excluding hydrogens is 406 g/mol. The summed E-state index contributed by atoms with van der Waals surface area (Å²) in [6.45, 7) is 3.69. The standard InChI is InChI=1S/C21H16ClN5O3/c1-12-10-15(8-9-16(12)22)30-21-19(27(28)29)20(23-11-24-21)26-17-5-3-4-14-7-6-13(2)25-18(14)17/h3-11H,1-2H3,(H,23,24,26). The largest absolute Gasteiger partial charge is 0.434 e. The molecule has 0 radical (unpaired) electrons. The Kier molecular flexibility index (Phi) is 5.16. The molecular formula is C21H16ClN5O3. The Morgan fingerprint density at radius 3 is 2.70 bits per heavy atom. The molecule has 150 valence electrons. The molecule has 4 rings (SSSR count). The Hall–Kier alpha value is -3.78. The Balaban J connectivity index is 1.76. The number of nitrogens with zero attached hydrogens (tertiary/aromatic N) is 4. The molecule has 9 heteroatoms. The summed E-state index contributed by atoms with van der Waals surface area (Å²) in [5.74, 6) is 0.210. The summed E-state index contributed by atoms with van der Waals surface area (Å²) in [4.78, 5) is 23.8. The van der Waals surface area contributed by atoms with Crippen LogP contribution >= 0.6 is 11.6 Å². The average molecular weight is 422 g/mol. The molecule has 0 aliphatic carbocycles. The van der Waals surface area contributed by atoms with E-state index in [1.807, 2.05) is 38.1 Å². The smallest absolute Gasteiger partial charge is 0.373 e. The SMILES string of the molecule is Cc1ccc2cccc(Nc3ncnc(Oc4ccc(Cl)c(C)c4)c3[N+](=O)[O-])c2n1. The first-order valence-corrected chi connectivity index (χ1v) is 9.37. The van der Waals surface area contributed by atoms with Gasteiger partial charge in [0.25, 0.3) is 0 Å². The summed E-state index contributed by atoms with van der Waals surface area (Å²) in [5, 5.41) is 16.3. The van der Waals surface area contributed by atoms with E-state index in [0.717, 1.165) is 16.6 Å². The third-order valence-electron chi connectivity index (χ3n) is 4.43. The Morgan fingerprint density at radius 1 is 1.10 bits per heavy atom. The first kappa shape index (κ1) is 19.5. The molecule has 0 spiro atoms. The second-order valence-electron chi connectivity index (χ2n) is 6.60. The van der Waals surface area contributed by atoms with E-state index in [2.05, 4.69) is 20.3 Å². The third kappa shape index (κ3) is 3.85. The minimum absolute atomic E-state index is 0.00601. The summed E-state index contributed by atoms with van der Waals surface area (Å²) < 4.78 is 5.68. The van der Waals surface area contributed by atoms with Crippen molar-refractivity contribution < 1.29 is 9.66 Å². The Labute approximate surface area is 176 Å². The lowest BCUT2D eigenvalue weighted by atomic mass is 10.1.